The minimum atomic E-state index is -3.01. The van der Waals surface area contributed by atoms with Crippen LogP contribution >= 0.6 is 0 Å². The van der Waals surface area contributed by atoms with Crippen molar-refractivity contribution in [1.29, 1.82) is 0 Å². The summed E-state index contributed by atoms with van der Waals surface area (Å²) in [6, 6.07) is 0. The predicted molar refractivity (Wildman–Crippen MR) is 63.2 cm³/mol. The van der Waals surface area contributed by atoms with Crippen molar-refractivity contribution in [2.45, 2.75) is 40.0 Å². The average Bonchev–Trinajstić information content (AvgIpc) is 2.24. The fourth-order valence-corrected chi connectivity index (χ4v) is 3.03. The van der Waals surface area contributed by atoms with Gasteiger partial charge in [-0.15, -0.1) is 0 Å². The van der Waals surface area contributed by atoms with Crippen LogP contribution in [0.4, 0.5) is 0 Å². The third kappa shape index (κ3) is 3.76. The minimum absolute atomic E-state index is 0.202. The molecule has 3 nitrogen and oxygen atoms in total. The summed E-state index contributed by atoms with van der Waals surface area (Å²) in [7, 11) is -3.01. The lowest BCUT2D eigenvalue weighted by Crippen LogP contribution is -2.37. The molecule has 1 atom stereocenters. The van der Waals surface area contributed by atoms with Gasteiger partial charge >= 0.3 is 0 Å². The SMILES string of the molecule is CC(C)(C)C1CCCCN(S(C)(=O)=O)C1. The van der Waals surface area contributed by atoms with E-state index in [9.17, 15) is 8.42 Å². The summed E-state index contributed by atoms with van der Waals surface area (Å²) in [6.45, 7) is 7.99. The van der Waals surface area contributed by atoms with Crippen LogP contribution in [0.3, 0.4) is 0 Å². The molecule has 1 aliphatic rings. The van der Waals surface area contributed by atoms with Gasteiger partial charge in [-0.25, -0.2) is 12.7 Å². The highest BCUT2D eigenvalue weighted by Gasteiger charge is 2.31. The van der Waals surface area contributed by atoms with E-state index in [-0.39, 0.29) is 5.41 Å². The number of sulfonamides is 1. The largest absolute Gasteiger partial charge is 0.213 e. The Bertz CT molecular complexity index is 303. The van der Waals surface area contributed by atoms with Gasteiger partial charge in [0.15, 0.2) is 0 Å². The van der Waals surface area contributed by atoms with Gasteiger partial charge in [0.25, 0.3) is 0 Å². The smallest absolute Gasteiger partial charge is 0.211 e. The zero-order valence-electron chi connectivity index (χ0n) is 10.3. The molecule has 0 radical (unpaired) electrons. The fraction of sp³-hybridized carbons (Fsp3) is 1.00. The van der Waals surface area contributed by atoms with Crippen molar-refractivity contribution in [3.8, 4) is 0 Å². The molecule has 4 heteroatoms. The van der Waals surface area contributed by atoms with Gasteiger partial charge in [0.1, 0.15) is 0 Å². The highest BCUT2D eigenvalue weighted by atomic mass is 32.2. The molecule has 1 saturated heterocycles. The molecule has 0 aromatic heterocycles. The maximum atomic E-state index is 11.5. The van der Waals surface area contributed by atoms with E-state index in [0.29, 0.717) is 19.0 Å². The normalized spacial score (nSPS) is 26.3. The Balaban J connectivity index is 2.79. The van der Waals surface area contributed by atoms with Crippen LogP contribution < -0.4 is 0 Å². The quantitative estimate of drug-likeness (QED) is 0.695. The Hall–Kier alpha value is -0.0900. The topological polar surface area (TPSA) is 37.4 Å². The molecule has 0 saturated carbocycles. The summed E-state index contributed by atoms with van der Waals surface area (Å²) in [5, 5.41) is 0. The van der Waals surface area contributed by atoms with Gasteiger partial charge in [0.2, 0.25) is 10.0 Å². The molecule has 1 unspecified atom stereocenters. The lowest BCUT2D eigenvalue weighted by atomic mass is 9.78. The predicted octanol–water partition coefficient (Wildman–Crippen LogP) is 2.09. The molecule has 0 amide bonds. The van der Waals surface area contributed by atoms with E-state index in [2.05, 4.69) is 20.8 Å². The summed E-state index contributed by atoms with van der Waals surface area (Å²) >= 11 is 0. The summed E-state index contributed by atoms with van der Waals surface area (Å²) in [5.74, 6) is 0.481. The monoisotopic (exact) mass is 233 g/mol. The molecule has 1 fully saturated rings. The maximum Gasteiger partial charge on any atom is 0.211 e. The third-order valence-corrected chi connectivity index (χ3v) is 4.60. The van der Waals surface area contributed by atoms with Crippen molar-refractivity contribution in [3.05, 3.63) is 0 Å². The molecular formula is C11H23NO2S. The van der Waals surface area contributed by atoms with Crippen LogP contribution in [-0.2, 0) is 10.0 Å². The molecule has 0 spiro atoms. The van der Waals surface area contributed by atoms with Crippen LogP contribution in [-0.4, -0.2) is 32.1 Å². The molecule has 0 aliphatic carbocycles. The first-order chi connectivity index (χ1) is 6.71. The highest BCUT2D eigenvalue weighted by Crippen LogP contribution is 2.33. The van der Waals surface area contributed by atoms with Crippen LogP contribution in [0.15, 0.2) is 0 Å². The Labute approximate surface area is 93.9 Å². The van der Waals surface area contributed by atoms with Gasteiger partial charge in [0.05, 0.1) is 6.26 Å². The van der Waals surface area contributed by atoms with Crippen LogP contribution in [0.1, 0.15) is 40.0 Å². The van der Waals surface area contributed by atoms with Crippen molar-refractivity contribution >= 4 is 10.0 Å². The van der Waals surface area contributed by atoms with Crippen LogP contribution in [0.5, 0.6) is 0 Å². The van der Waals surface area contributed by atoms with Crippen molar-refractivity contribution in [1.82, 2.24) is 4.31 Å². The Morgan fingerprint density at radius 1 is 1.20 bits per heavy atom. The van der Waals surface area contributed by atoms with Gasteiger partial charge in [-0.2, -0.15) is 0 Å². The molecule has 90 valence electrons. The van der Waals surface area contributed by atoms with Crippen molar-refractivity contribution < 1.29 is 8.42 Å². The van der Waals surface area contributed by atoms with Gasteiger partial charge in [-0.05, 0) is 24.2 Å². The third-order valence-electron chi connectivity index (χ3n) is 3.33. The first-order valence-electron chi connectivity index (χ1n) is 5.66. The van der Waals surface area contributed by atoms with E-state index in [0.717, 1.165) is 19.3 Å². The molecule has 1 heterocycles. The van der Waals surface area contributed by atoms with E-state index >= 15 is 0 Å². The van der Waals surface area contributed by atoms with Crippen LogP contribution in [0.25, 0.3) is 0 Å². The maximum absolute atomic E-state index is 11.5. The molecule has 15 heavy (non-hydrogen) atoms. The molecule has 0 N–H and O–H groups in total. The van der Waals surface area contributed by atoms with E-state index in [1.54, 1.807) is 4.31 Å². The summed E-state index contributed by atoms with van der Waals surface area (Å²) in [5.41, 5.74) is 0.202. The molecular weight excluding hydrogens is 210 g/mol. The Morgan fingerprint density at radius 3 is 2.27 bits per heavy atom. The lowest BCUT2D eigenvalue weighted by molar-refractivity contribution is 0.201. The van der Waals surface area contributed by atoms with E-state index in [4.69, 9.17) is 0 Å². The summed E-state index contributed by atoms with van der Waals surface area (Å²) in [6.07, 6.45) is 4.61. The first-order valence-corrected chi connectivity index (χ1v) is 7.51. The van der Waals surface area contributed by atoms with E-state index in [1.807, 2.05) is 0 Å². The Kier molecular flexibility index (Phi) is 3.82. The second kappa shape index (κ2) is 4.42. The number of nitrogens with zero attached hydrogens (tertiary/aromatic N) is 1. The molecule has 0 bridgehead atoms. The molecule has 0 aromatic carbocycles. The van der Waals surface area contributed by atoms with Crippen LogP contribution in [0.2, 0.25) is 0 Å². The zero-order chi connectivity index (χ0) is 11.7. The van der Waals surface area contributed by atoms with Crippen molar-refractivity contribution in [2.24, 2.45) is 11.3 Å². The molecule has 1 rings (SSSR count). The van der Waals surface area contributed by atoms with Crippen LogP contribution in [0, 0.1) is 11.3 Å². The van der Waals surface area contributed by atoms with Crippen molar-refractivity contribution in [2.75, 3.05) is 19.3 Å². The standard InChI is InChI=1S/C11H23NO2S/c1-11(2,3)10-7-5-6-8-12(9-10)15(4,13)14/h10H,5-9H2,1-4H3. The number of hydrogen-bond acceptors (Lipinski definition) is 2. The summed E-state index contributed by atoms with van der Waals surface area (Å²) < 4.78 is 24.7. The van der Waals surface area contributed by atoms with Gasteiger partial charge in [0, 0.05) is 13.1 Å². The lowest BCUT2D eigenvalue weighted by Gasteiger charge is -2.32. The van der Waals surface area contributed by atoms with E-state index in [1.165, 1.54) is 6.26 Å². The zero-order valence-corrected chi connectivity index (χ0v) is 11.1. The van der Waals surface area contributed by atoms with Gasteiger partial charge in [-0.1, -0.05) is 27.2 Å². The van der Waals surface area contributed by atoms with Gasteiger partial charge in [-0.3, -0.25) is 0 Å². The molecule has 1 aliphatic heterocycles. The molecule has 0 aromatic rings. The highest BCUT2D eigenvalue weighted by molar-refractivity contribution is 7.88. The first kappa shape index (κ1) is 13.0. The minimum Gasteiger partial charge on any atom is -0.213 e. The second-order valence-electron chi connectivity index (χ2n) is 5.68. The number of hydrogen-bond donors (Lipinski definition) is 0. The van der Waals surface area contributed by atoms with Gasteiger partial charge < -0.3 is 0 Å². The van der Waals surface area contributed by atoms with Crippen molar-refractivity contribution in [3.63, 3.8) is 0 Å². The summed E-state index contributed by atoms with van der Waals surface area (Å²) in [4.78, 5) is 0. The fourth-order valence-electron chi connectivity index (χ4n) is 2.12. The second-order valence-corrected chi connectivity index (χ2v) is 7.66. The van der Waals surface area contributed by atoms with E-state index < -0.39 is 10.0 Å². The average molecular weight is 233 g/mol. The number of rotatable bonds is 1. The Morgan fingerprint density at radius 2 is 1.80 bits per heavy atom.